The standard InChI is InChI=1S/C14H19N5O/c1-10(11-3-5-12(15)6-4-11)7-14(20)16-8-13-17-9-19(2)18-13/h3-6,9-10H,7-8,15H2,1-2H3,(H,16,20). The van der Waals surface area contributed by atoms with Crippen LogP contribution in [0, 0.1) is 0 Å². The Morgan fingerprint density at radius 1 is 1.40 bits per heavy atom. The zero-order chi connectivity index (χ0) is 14.5. The zero-order valence-corrected chi connectivity index (χ0v) is 11.7. The van der Waals surface area contributed by atoms with Gasteiger partial charge in [0.1, 0.15) is 6.33 Å². The summed E-state index contributed by atoms with van der Waals surface area (Å²) in [6.07, 6.45) is 2.04. The zero-order valence-electron chi connectivity index (χ0n) is 11.7. The van der Waals surface area contributed by atoms with Crippen molar-refractivity contribution in [1.82, 2.24) is 20.1 Å². The fraction of sp³-hybridized carbons (Fsp3) is 0.357. The van der Waals surface area contributed by atoms with E-state index in [1.807, 2.05) is 31.2 Å². The molecule has 1 heterocycles. The second-order valence-corrected chi connectivity index (χ2v) is 4.88. The molecule has 0 spiro atoms. The predicted octanol–water partition coefficient (Wildman–Crippen LogP) is 1.21. The van der Waals surface area contributed by atoms with E-state index < -0.39 is 0 Å². The lowest BCUT2D eigenvalue weighted by atomic mass is 9.97. The molecule has 2 rings (SSSR count). The molecule has 0 aliphatic heterocycles. The molecule has 0 radical (unpaired) electrons. The Bertz CT molecular complexity index is 576. The summed E-state index contributed by atoms with van der Waals surface area (Å²) in [6, 6.07) is 7.60. The number of nitrogens with two attached hydrogens (primary N) is 1. The Kier molecular flexibility index (Phi) is 4.34. The quantitative estimate of drug-likeness (QED) is 0.802. The van der Waals surface area contributed by atoms with Crippen molar-refractivity contribution in [3.63, 3.8) is 0 Å². The van der Waals surface area contributed by atoms with Crippen molar-refractivity contribution in [2.75, 3.05) is 5.73 Å². The molecule has 0 fully saturated rings. The molecule has 0 aliphatic carbocycles. The maximum Gasteiger partial charge on any atom is 0.220 e. The number of hydrogen-bond donors (Lipinski definition) is 2. The van der Waals surface area contributed by atoms with Gasteiger partial charge >= 0.3 is 0 Å². The highest BCUT2D eigenvalue weighted by molar-refractivity contribution is 5.76. The number of benzene rings is 1. The number of nitrogens with zero attached hydrogens (tertiary/aromatic N) is 3. The first kappa shape index (κ1) is 14.0. The molecule has 1 atom stereocenters. The number of nitrogen functional groups attached to an aromatic ring is 1. The van der Waals surface area contributed by atoms with Crippen molar-refractivity contribution in [3.05, 3.63) is 42.0 Å². The summed E-state index contributed by atoms with van der Waals surface area (Å²) in [5, 5.41) is 6.93. The summed E-state index contributed by atoms with van der Waals surface area (Å²) in [4.78, 5) is 15.9. The van der Waals surface area contributed by atoms with E-state index in [2.05, 4.69) is 15.4 Å². The molecule has 0 saturated heterocycles. The predicted molar refractivity (Wildman–Crippen MR) is 76.7 cm³/mol. The third-order valence-electron chi connectivity index (χ3n) is 3.09. The first-order valence-electron chi connectivity index (χ1n) is 6.51. The Hall–Kier alpha value is -2.37. The number of amides is 1. The molecule has 6 nitrogen and oxygen atoms in total. The van der Waals surface area contributed by atoms with Crippen LogP contribution in [-0.2, 0) is 18.4 Å². The van der Waals surface area contributed by atoms with Gasteiger partial charge < -0.3 is 11.1 Å². The Labute approximate surface area is 118 Å². The summed E-state index contributed by atoms with van der Waals surface area (Å²) < 4.78 is 1.61. The van der Waals surface area contributed by atoms with Crippen LogP contribution in [0.3, 0.4) is 0 Å². The minimum atomic E-state index is -0.0122. The molecule has 6 heteroatoms. The van der Waals surface area contributed by atoms with Gasteiger partial charge in [0.15, 0.2) is 5.82 Å². The van der Waals surface area contributed by atoms with E-state index >= 15 is 0 Å². The molecule has 0 bridgehead atoms. The normalized spacial score (nSPS) is 12.1. The Morgan fingerprint density at radius 3 is 2.70 bits per heavy atom. The van der Waals surface area contributed by atoms with E-state index in [0.29, 0.717) is 18.8 Å². The highest BCUT2D eigenvalue weighted by atomic mass is 16.1. The third kappa shape index (κ3) is 3.81. The molecular weight excluding hydrogens is 254 g/mol. The monoisotopic (exact) mass is 273 g/mol. The minimum Gasteiger partial charge on any atom is -0.399 e. The van der Waals surface area contributed by atoms with Gasteiger partial charge in [-0.3, -0.25) is 9.48 Å². The van der Waals surface area contributed by atoms with Gasteiger partial charge in [-0.25, -0.2) is 4.98 Å². The number of carbonyl (C=O) groups excluding carboxylic acids is 1. The summed E-state index contributed by atoms with van der Waals surface area (Å²) in [5.74, 6) is 0.745. The van der Waals surface area contributed by atoms with Crippen LogP contribution >= 0.6 is 0 Å². The minimum absolute atomic E-state index is 0.0122. The summed E-state index contributed by atoms with van der Waals surface area (Å²) in [6.45, 7) is 2.37. The van der Waals surface area contributed by atoms with E-state index in [0.717, 1.165) is 11.3 Å². The molecule has 2 aromatic rings. The number of aromatic nitrogens is 3. The van der Waals surface area contributed by atoms with Crippen LogP contribution in [-0.4, -0.2) is 20.7 Å². The first-order valence-corrected chi connectivity index (χ1v) is 6.51. The van der Waals surface area contributed by atoms with Gasteiger partial charge in [-0.1, -0.05) is 19.1 Å². The van der Waals surface area contributed by atoms with Crippen LogP contribution in [0.2, 0.25) is 0 Å². The second-order valence-electron chi connectivity index (χ2n) is 4.88. The van der Waals surface area contributed by atoms with E-state index in [-0.39, 0.29) is 11.8 Å². The van der Waals surface area contributed by atoms with E-state index in [1.165, 1.54) is 0 Å². The van der Waals surface area contributed by atoms with Crippen LogP contribution in [0.5, 0.6) is 0 Å². The van der Waals surface area contributed by atoms with Crippen LogP contribution in [0.15, 0.2) is 30.6 Å². The number of anilines is 1. The average molecular weight is 273 g/mol. The van der Waals surface area contributed by atoms with Gasteiger partial charge in [-0.05, 0) is 23.6 Å². The average Bonchev–Trinajstić information content (AvgIpc) is 2.83. The van der Waals surface area contributed by atoms with Crippen LogP contribution in [0.1, 0.15) is 30.7 Å². The molecule has 3 N–H and O–H groups in total. The maximum absolute atomic E-state index is 11.9. The van der Waals surface area contributed by atoms with Crippen molar-refractivity contribution in [3.8, 4) is 0 Å². The smallest absolute Gasteiger partial charge is 0.220 e. The van der Waals surface area contributed by atoms with Crippen molar-refractivity contribution in [1.29, 1.82) is 0 Å². The van der Waals surface area contributed by atoms with Crippen molar-refractivity contribution < 1.29 is 4.79 Å². The Balaban J connectivity index is 1.83. The molecule has 1 amide bonds. The Morgan fingerprint density at radius 2 is 2.10 bits per heavy atom. The van der Waals surface area contributed by atoms with Crippen LogP contribution < -0.4 is 11.1 Å². The van der Waals surface area contributed by atoms with Gasteiger partial charge in [-0.2, -0.15) is 5.10 Å². The number of aryl methyl sites for hydroxylation is 1. The van der Waals surface area contributed by atoms with Gasteiger partial charge in [0.25, 0.3) is 0 Å². The third-order valence-corrected chi connectivity index (χ3v) is 3.09. The van der Waals surface area contributed by atoms with Crippen LogP contribution in [0.25, 0.3) is 0 Å². The van der Waals surface area contributed by atoms with Gasteiger partial charge in [0.05, 0.1) is 6.54 Å². The molecule has 0 aliphatic rings. The highest BCUT2D eigenvalue weighted by Gasteiger charge is 2.11. The second kappa shape index (κ2) is 6.18. The topological polar surface area (TPSA) is 85.8 Å². The number of hydrogen-bond acceptors (Lipinski definition) is 4. The molecule has 1 aromatic heterocycles. The molecule has 1 aromatic carbocycles. The number of nitrogens with one attached hydrogen (secondary N) is 1. The highest BCUT2D eigenvalue weighted by Crippen LogP contribution is 2.19. The molecule has 1 unspecified atom stereocenters. The first-order chi connectivity index (χ1) is 9.54. The van der Waals surface area contributed by atoms with E-state index in [9.17, 15) is 4.79 Å². The lowest BCUT2D eigenvalue weighted by molar-refractivity contribution is -0.121. The number of rotatable bonds is 5. The molecule has 106 valence electrons. The summed E-state index contributed by atoms with van der Waals surface area (Å²) >= 11 is 0. The van der Waals surface area contributed by atoms with Crippen LogP contribution in [0.4, 0.5) is 5.69 Å². The SMILES string of the molecule is CC(CC(=O)NCc1ncn(C)n1)c1ccc(N)cc1. The molecular formula is C14H19N5O. The lowest BCUT2D eigenvalue weighted by Crippen LogP contribution is -2.24. The van der Waals surface area contributed by atoms with Crippen molar-refractivity contribution >= 4 is 11.6 Å². The summed E-state index contributed by atoms with van der Waals surface area (Å²) in [5.41, 5.74) is 7.48. The van der Waals surface area contributed by atoms with Gasteiger partial charge in [-0.15, -0.1) is 0 Å². The molecule has 0 saturated carbocycles. The van der Waals surface area contributed by atoms with Gasteiger partial charge in [0, 0.05) is 19.2 Å². The summed E-state index contributed by atoms with van der Waals surface area (Å²) in [7, 11) is 1.79. The lowest BCUT2D eigenvalue weighted by Gasteiger charge is -2.11. The molecule has 20 heavy (non-hydrogen) atoms. The largest absolute Gasteiger partial charge is 0.399 e. The van der Waals surface area contributed by atoms with Crippen molar-refractivity contribution in [2.45, 2.75) is 25.8 Å². The fourth-order valence-electron chi connectivity index (χ4n) is 1.94. The van der Waals surface area contributed by atoms with E-state index in [4.69, 9.17) is 5.73 Å². The van der Waals surface area contributed by atoms with E-state index in [1.54, 1.807) is 18.1 Å². The van der Waals surface area contributed by atoms with Gasteiger partial charge in [0.2, 0.25) is 5.91 Å². The fourth-order valence-corrected chi connectivity index (χ4v) is 1.94. The maximum atomic E-state index is 11.9. The number of carbonyl (C=O) groups is 1. The van der Waals surface area contributed by atoms with Crippen molar-refractivity contribution in [2.24, 2.45) is 7.05 Å².